The van der Waals surface area contributed by atoms with Crippen molar-refractivity contribution >= 4 is 0 Å². The third-order valence-electron chi connectivity index (χ3n) is 2.56. The molecule has 2 N–H and O–H groups in total. The van der Waals surface area contributed by atoms with E-state index in [2.05, 4.69) is 0 Å². The minimum atomic E-state index is -0.596. The Morgan fingerprint density at radius 2 is 2.33 bits per heavy atom. The van der Waals surface area contributed by atoms with Crippen LogP contribution in [-0.4, -0.2) is 30.0 Å². The fourth-order valence-electron chi connectivity index (χ4n) is 1.74. The van der Waals surface area contributed by atoms with Gasteiger partial charge in [0.25, 0.3) is 0 Å². The summed E-state index contributed by atoms with van der Waals surface area (Å²) in [6, 6.07) is 5.28. The van der Waals surface area contributed by atoms with Gasteiger partial charge < -0.3 is 19.7 Å². The number of ether oxygens (including phenoxy) is 2. The number of hydrogen-bond acceptors (Lipinski definition) is 4. The van der Waals surface area contributed by atoms with Crippen LogP contribution in [0.25, 0.3) is 0 Å². The zero-order valence-corrected chi connectivity index (χ0v) is 8.51. The van der Waals surface area contributed by atoms with Crippen molar-refractivity contribution < 1.29 is 19.7 Å². The molecule has 1 aliphatic rings. The highest BCUT2D eigenvalue weighted by Gasteiger charge is 2.26. The Balaban J connectivity index is 2.32. The zero-order valence-electron chi connectivity index (χ0n) is 8.51. The summed E-state index contributed by atoms with van der Waals surface area (Å²) in [4.78, 5) is 0. The first-order valence-electron chi connectivity index (χ1n) is 4.88. The van der Waals surface area contributed by atoms with Gasteiger partial charge in [0.1, 0.15) is 17.6 Å². The van der Waals surface area contributed by atoms with Gasteiger partial charge in [-0.1, -0.05) is 0 Å². The van der Waals surface area contributed by atoms with Gasteiger partial charge in [0.15, 0.2) is 0 Å². The molecule has 1 aliphatic heterocycles. The van der Waals surface area contributed by atoms with E-state index in [-0.39, 0.29) is 12.7 Å². The van der Waals surface area contributed by atoms with Crippen LogP contribution < -0.4 is 9.47 Å². The van der Waals surface area contributed by atoms with E-state index in [0.717, 1.165) is 5.56 Å². The molecule has 4 heteroatoms. The Kier molecular flexibility index (Phi) is 2.79. The summed E-state index contributed by atoms with van der Waals surface area (Å²) in [5.41, 5.74) is 0.721. The Morgan fingerprint density at radius 1 is 1.53 bits per heavy atom. The molecular formula is C11H14O4. The van der Waals surface area contributed by atoms with Gasteiger partial charge in [-0.25, -0.2) is 0 Å². The number of aliphatic hydroxyl groups excluding tert-OH is 2. The number of rotatable bonds is 2. The van der Waals surface area contributed by atoms with Crippen LogP contribution in [0.4, 0.5) is 0 Å². The molecule has 2 atom stereocenters. The quantitative estimate of drug-likeness (QED) is 0.760. The minimum Gasteiger partial charge on any atom is -0.497 e. The van der Waals surface area contributed by atoms with Gasteiger partial charge >= 0.3 is 0 Å². The Morgan fingerprint density at radius 3 is 3.00 bits per heavy atom. The average Bonchev–Trinajstić information content (AvgIpc) is 2.28. The fraction of sp³-hybridized carbons (Fsp3) is 0.455. The number of fused-ring (bicyclic) bond motifs is 1. The SMILES string of the molecule is COc1ccc2c(c1)[C@H](O)CC(CO)O2. The van der Waals surface area contributed by atoms with Crippen LogP contribution in [0, 0.1) is 0 Å². The second kappa shape index (κ2) is 4.08. The Hall–Kier alpha value is -1.26. The van der Waals surface area contributed by atoms with Crippen LogP contribution in [0.1, 0.15) is 18.1 Å². The van der Waals surface area contributed by atoms with Crippen molar-refractivity contribution in [3.63, 3.8) is 0 Å². The highest BCUT2D eigenvalue weighted by molar-refractivity contribution is 5.43. The maximum Gasteiger partial charge on any atom is 0.125 e. The largest absolute Gasteiger partial charge is 0.497 e. The molecule has 0 bridgehead atoms. The van der Waals surface area contributed by atoms with Crippen molar-refractivity contribution in [2.75, 3.05) is 13.7 Å². The van der Waals surface area contributed by atoms with Crippen molar-refractivity contribution in [1.82, 2.24) is 0 Å². The predicted molar refractivity (Wildman–Crippen MR) is 54.1 cm³/mol. The zero-order chi connectivity index (χ0) is 10.8. The monoisotopic (exact) mass is 210 g/mol. The highest BCUT2D eigenvalue weighted by atomic mass is 16.5. The van der Waals surface area contributed by atoms with Crippen molar-refractivity contribution in [1.29, 1.82) is 0 Å². The van der Waals surface area contributed by atoms with Crippen LogP contribution in [0.2, 0.25) is 0 Å². The number of hydrogen-bond donors (Lipinski definition) is 2. The Bertz CT molecular complexity index is 350. The fourth-order valence-corrected chi connectivity index (χ4v) is 1.74. The van der Waals surface area contributed by atoms with Gasteiger partial charge in [-0.3, -0.25) is 0 Å². The van der Waals surface area contributed by atoms with E-state index in [9.17, 15) is 5.11 Å². The van der Waals surface area contributed by atoms with E-state index in [1.54, 1.807) is 25.3 Å². The second-order valence-corrected chi connectivity index (χ2v) is 3.58. The molecule has 0 radical (unpaired) electrons. The van der Waals surface area contributed by atoms with Crippen LogP contribution in [0.3, 0.4) is 0 Å². The molecule has 0 aromatic heterocycles. The van der Waals surface area contributed by atoms with Gasteiger partial charge in [-0.15, -0.1) is 0 Å². The molecule has 1 heterocycles. The van der Waals surface area contributed by atoms with E-state index in [1.807, 2.05) is 0 Å². The molecular weight excluding hydrogens is 196 g/mol. The van der Waals surface area contributed by atoms with Gasteiger partial charge in [0.2, 0.25) is 0 Å². The van der Waals surface area contributed by atoms with Crippen LogP contribution in [-0.2, 0) is 0 Å². The first kappa shape index (κ1) is 10.3. The first-order chi connectivity index (χ1) is 7.24. The molecule has 0 fully saturated rings. The first-order valence-corrected chi connectivity index (χ1v) is 4.88. The molecule has 0 amide bonds. The third-order valence-corrected chi connectivity index (χ3v) is 2.56. The van der Waals surface area contributed by atoms with Crippen molar-refractivity contribution in [3.8, 4) is 11.5 Å². The summed E-state index contributed by atoms with van der Waals surface area (Å²) in [5.74, 6) is 1.31. The van der Waals surface area contributed by atoms with Gasteiger partial charge in [0, 0.05) is 12.0 Å². The number of aliphatic hydroxyl groups is 2. The van der Waals surface area contributed by atoms with E-state index >= 15 is 0 Å². The third kappa shape index (κ3) is 1.91. The van der Waals surface area contributed by atoms with Crippen molar-refractivity contribution in [2.45, 2.75) is 18.6 Å². The summed E-state index contributed by atoms with van der Waals surface area (Å²) in [6.07, 6.45) is -0.502. The normalized spacial score (nSPS) is 24.2. The topological polar surface area (TPSA) is 58.9 Å². The summed E-state index contributed by atoms with van der Waals surface area (Å²) in [6.45, 7) is -0.0808. The molecule has 2 rings (SSSR count). The van der Waals surface area contributed by atoms with Gasteiger partial charge in [-0.2, -0.15) is 0 Å². The summed E-state index contributed by atoms with van der Waals surface area (Å²) in [5, 5.41) is 18.8. The molecule has 82 valence electrons. The summed E-state index contributed by atoms with van der Waals surface area (Å²) < 4.78 is 10.6. The molecule has 1 unspecified atom stereocenters. The molecule has 0 aliphatic carbocycles. The molecule has 4 nitrogen and oxygen atoms in total. The molecule has 15 heavy (non-hydrogen) atoms. The van der Waals surface area contributed by atoms with E-state index in [1.165, 1.54) is 0 Å². The van der Waals surface area contributed by atoms with Crippen LogP contribution >= 0.6 is 0 Å². The van der Waals surface area contributed by atoms with Crippen LogP contribution in [0.5, 0.6) is 11.5 Å². The molecule has 1 aromatic carbocycles. The van der Waals surface area contributed by atoms with Gasteiger partial charge in [0.05, 0.1) is 19.8 Å². The standard InChI is InChI=1S/C11H14O4/c1-14-7-2-3-11-9(4-7)10(13)5-8(6-12)15-11/h2-4,8,10,12-13H,5-6H2,1H3/t8?,10-/m1/s1. The lowest BCUT2D eigenvalue weighted by Crippen LogP contribution is -2.28. The summed E-state index contributed by atoms with van der Waals surface area (Å²) >= 11 is 0. The lowest BCUT2D eigenvalue weighted by Gasteiger charge is -2.28. The predicted octanol–water partition coefficient (Wildman–Crippen LogP) is 0.872. The number of benzene rings is 1. The smallest absolute Gasteiger partial charge is 0.125 e. The van der Waals surface area contributed by atoms with Gasteiger partial charge in [-0.05, 0) is 18.2 Å². The molecule has 0 saturated carbocycles. The van der Waals surface area contributed by atoms with E-state index < -0.39 is 6.10 Å². The Labute approximate surface area is 88.1 Å². The molecule has 1 aromatic rings. The minimum absolute atomic E-state index is 0.0808. The van der Waals surface area contributed by atoms with Crippen molar-refractivity contribution in [2.24, 2.45) is 0 Å². The summed E-state index contributed by atoms with van der Waals surface area (Å²) in [7, 11) is 1.58. The maximum atomic E-state index is 9.84. The number of methoxy groups -OCH3 is 1. The van der Waals surface area contributed by atoms with Crippen LogP contribution in [0.15, 0.2) is 18.2 Å². The van der Waals surface area contributed by atoms with E-state index in [4.69, 9.17) is 14.6 Å². The molecule has 0 spiro atoms. The van der Waals surface area contributed by atoms with E-state index in [0.29, 0.717) is 17.9 Å². The molecule has 0 saturated heterocycles. The lowest BCUT2D eigenvalue weighted by molar-refractivity contribution is 0.0331. The highest BCUT2D eigenvalue weighted by Crippen LogP contribution is 2.36. The second-order valence-electron chi connectivity index (χ2n) is 3.58. The van der Waals surface area contributed by atoms with Crippen molar-refractivity contribution in [3.05, 3.63) is 23.8 Å². The maximum absolute atomic E-state index is 9.84. The lowest BCUT2D eigenvalue weighted by atomic mass is 9.99. The average molecular weight is 210 g/mol.